The molecule has 2 aromatic rings. The maximum atomic E-state index is 10.9. The number of ether oxygens (including phenoxy) is 2. The van der Waals surface area contributed by atoms with Crippen LogP contribution in [0, 0.1) is 0 Å². The van der Waals surface area contributed by atoms with Crippen LogP contribution in [0.15, 0.2) is 34.9 Å². The highest BCUT2D eigenvalue weighted by molar-refractivity contribution is 9.10. The fraction of sp³-hybridized carbons (Fsp3) is 0.200. The number of rotatable bonds is 5. The third-order valence-electron chi connectivity index (χ3n) is 2.54. The second kappa shape index (κ2) is 6.98. The number of hydrogen-bond acceptors (Lipinski definition) is 4. The Bertz CT molecular complexity index is 706. The van der Waals surface area contributed by atoms with Crippen LogP contribution < -0.4 is 9.47 Å². The van der Waals surface area contributed by atoms with E-state index in [9.17, 15) is 4.79 Å². The molecule has 5 nitrogen and oxygen atoms in total. The van der Waals surface area contributed by atoms with Gasteiger partial charge >= 0.3 is 5.97 Å². The fourth-order valence-electron chi connectivity index (χ4n) is 1.62. The molecule has 7 heteroatoms. The van der Waals surface area contributed by atoms with Crippen molar-refractivity contribution in [3.8, 4) is 17.4 Å². The van der Waals surface area contributed by atoms with Gasteiger partial charge in [-0.1, -0.05) is 11.6 Å². The zero-order valence-corrected chi connectivity index (χ0v) is 14.2. The van der Waals surface area contributed by atoms with Gasteiger partial charge < -0.3 is 14.6 Å². The summed E-state index contributed by atoms with van der Waals surface area (Å²) in [5.41, 5.74) is 0.163. The summed E-state index contributed by atoms with van der Waals surface area (Å²) in [4.78, 5) is 15.0. The summed E-state index contributed by atoms with van der Waals surface area (Å²) in [6.07, 6.45) is 1.45. The first-order chi connectivity index (χ1) is 10.4. The van der Waals surface area contributed by atoms with Gasteiger partial charge in [0.25, 0.3) is 0 Å². The molecule has 0 unspecified atom stereocenters. The topological polar surface area (TPSA) is 68.7 Å². The van der Waals surface area contributed by atoms with Crippen molar-refractivity contribution >= 4 is 33.5 Å². The lowest BCUT2D eigenvalue weighted by Gasteiger charge is -2.12. The zero-order chi connectivity index (χ0) is 16.3. The summed E-state index contributed by atoms with van der Waals surface area (Å²) in [6.45, 7) is 3.76. The normalized spacial score (nSPS) is 10.6. The van der Waals surface area contributed by atoms with Gasteiger partial charge in [0.05, 0.1) is 22.3 Å². The summed E-state index contributed by atoms with van der Waals surface area (Å²) in [6, 6.07) is 6.06. The van der Waals surface area contributed by atoms with Crippen LogP contribution in [0.3, 0.4) is 0 Å². The molecule has 22 heavy (non-hydrogen) atoms. The van der Waals surface area contributed by atoms with Crippen LogP contribution in [0.25, 0.3) is 0 Å². The molecule has 0 aliphatic carbocycles. The number of nitrogens with zero attached hydrogens (tertiary/aromatic N) is 1. The van der Waals surface area contributed by atoms with E-state index in [1.165, 1.54) is 18.3 Å². The van der Waals surface area contributed by atoms with Gasteiger partial charge in [-0.3, -0.25) is 0 Å². The van der Waals surface area contributed by atoms with Crippen LogP contribution in [0.4, 0.5) is 0 Å². The fourth-order valence-corrected chi connectivity index (χ4v) is 2.28. The minimum absolute atomic E-state index is 0.0329. The van der Waals surface area contributed by atoms with E-state index in [-0.39, 0.29) is 11.7 Å². The molecule has 0 radical (unpaired) electrons. The lowest BCUT2D eigenvalue weighted by atomic mass is 10.2. The van der Waals surface area contributed by atoms with Crippen LogP contribution in [0.5, 0.6) is 17.4 Å². The van der Waals surface area contributed by atoms with Crippen LogP contribution in [0.1, 0.15) is 24.2 Å². The summed E-state index contributed by atoms with van der Waals surface area (Å²) in [5.74, 6) is 0.210. The van der Waals surface area contributed by atoms with Gasteiger partial charge in [-0.2, -0.15) is 0 Å². The molecule has 1 N–H and O–H groups in total. The van der Waals surface area contributed by atoms with Crippen molar-refractivity contribution in [2.75, 3.05) is 0 Å². The number of carboxylic acids is 1. The molecule has 0 amide bonds. The van der Waals surface area contributed by atoms with Crippen LogP contribution in [0.2, 0.25) is 5.02 Å². The van der Waals surface area contributed by atoms with Gasteiger partial charge in [-0.15, -0.1) is 0 Å². The van der Waals surface area contributed by atoms with Gasteiger partial charge in [0, 0.05) is 6.07 Å². The molecule has 2 rings (SSSR count). The van der Waals surface area contributed by atoms with Crippen molar-refractivity contribution in [3.63, 3.8) is 0 Å². The Labute approximate surface area is 141 Å². The number of pyridine rings is 1. The van der Waals surface area contributed by atoms with E-state index < -0.39 is 5.97 Å². The first kappa shape index (κ1) is 16.6. The Morgan fingerprint density at radius 1 is 1.36 bits per heavy atom. The number of aromatic nitrogens is 1. The minimum Gasteiger partial charge on any atom is -0.478 e. The third kappa shape index (κ3) is 4.11. The monoisotopic (exact) mass is 385 g/mol. The molecular formula is C15H13BrClNO4. The predicted molar refractivity (Wildman–Crippen MR) is 86.2 cm³/mol. The summed E-state index contributed by atoms with van der Waals surface area (Å²) < 4.78 is 11.6. The standard InChI is InChI=1S/C15H13BrClNO4/c1-8(2)21-14-12(17)6-10(7-18-14)22-13-4-3-9(15(19)20)5-11(13)16/h3-8H,1-2H3,(H,19,20). The summed E-state index contributed by atoms with van der Waals surface area (Å²) in [7, 11) is 0. The molecular weight excluding hydrogens is 374 g/mol. The number of carboxylic acid groups (broad SMARTS) is 1. The van der Waals surface area contributed by atoms with Crippen molar-refractivity contribution in [1.82, 2.24) is 4.98 Å². The first-order valence-electron chi connectivity index (χ1n) is 6.39. The zero-order valence-electron chi connectivity index (χ0n) is 11.8. The molecule has 0 aliphatic rings. The Hall–Kier alpha value is -1.79. The molecule has 0 aliphatic heterocycles. The number of halogens is 2. The van der Waals surface area contributed by atoms with Crippen molar-refractivity contribution in [1.29, 1.82) is 0 Å². The quantitative estimate of drug-likeness (QED) is 0.801. The second-order valence-corrected chi connectivity index (χ2v) is 5.94. The second-order valence-electron chi connectivity index (χ2n) is 4.68. The van der Waals surface area contributed by atoms with E-state index in [0.29, 0.717) is 26.9 Å². The Morgan fingerprint density at radius 3 is 2.64 bits per heavy atom. The van der Waals surface area contributed by atoms with Crippen molar-refractivity contribution in [3.05, 3.63) is 45.5 Å². The summed E-state index contributed by atoms with van der Waals surface area (Å²) >= 11 is 9.36. The summed E-state index contributed by atoms with van der Waals surface area (Å²) in [5, 5.41) is 9.26. The predicted octanol–water partition coefficient (Wildman–Crippen LogP) is 4.78. The van der Waals surface area contributed by atoms with Gasteiger partial charge in [0.15, 0.2) is 0 Å². The molecule has 0 saturated heterocycles. The van der Waals surface area contributed by atoms with E-state index in [4.69, 9.17) is 26.2 Å². The maximum absolute atomic E-state index is 10.9. The van der Waals surface area contributed by atoms with Gasteiger partial charge in [-0.25, -0.2) is 9.78 Å². The highest BCUT2D eigenvalue weighted by Crippen LogP contribution is 2.33. The van der Waals surface area contributed by atoms with E-state index in [1.54, 1.807) is 12.1 Å². The van der Waals surface area contributed by atoms with Crippen LogP contribution in [-0.2, 0) is 0 Å². The highest BCUT2D eigenvalue weighted by atomic mass is 79.9. The van der Waals surface area contributed by atoms with Crippen LogP contribution >= 0.6 is 27.5 Å². The van der Waals surface area contributed by atoms with E-state index in [1.807, 2.05) is 13.8 Å². The number of carbonyl (C=O) groups is 1. The lowest BCUT2D eigenvalue weighted by Crippen LogP contribution is -2.07. The average Bonchev–Trinajstić information content (AvgIpc) is 2.43. The molecule has 1 heterocycles. The highest BCUT2D eigenvalue weighted by Gasteiger charge is 2.11. The third-order valence-corrected chi connectivity index (χ3v) is 3.43. The van der Waals surface area contributed by atoms with Gasteiger partial charge in [0.2, 0.25) is 5.88 Å². The molecule has 1 aromatic heterocycles. The van der Waals surface area contributed by atoms with Crippen LogP contribution in [-0.4, -0.2) is 22.2 Å². The first-order valence-corrected chi connectivity index (χ1v) is 7.57. The minimum atomic E-state index is -1.01. The molecule has 0 atom stereocenters. The number of aromatic carboxylic acids is 1. The maximum Gasteiger partial charge on any atom is 0.335 e. The number of hydrogen-bond donors (Lipinski definition) is 1. The lowest BCUT2D eigenvalue weighted by molar-refractivity contribution is 0.0697. The largest absolute Gasteiger partial charge is 0.478 e. The van der Waals surface area contributed by atoms with E-state index >= 15 is 0 Å². The molecule has 0 saturated carbocycles. The van der Waals surface area contributed by atoms with Gasteiger partial charge in [-0.05, 0) is 48.0 Å². The molecule has 0 bridgehead atoms. The average molecular weight is 387 g/mol. The molecule has 0 spiro atoms. The Morgan fingerprint density at radius 2 is 2.09 bits per heavy atom. The van der Waals surface area contributed by atoms with E-state index in [0.717, 1.165) is 0 Å². The molecule has 0 fully saturated rings. The molecule has 116 valence electrons. The van der Waals surface area contributed by atoms with E-state index in [2.05, 4.69) is 20.9 Å². The SMILES string of the molecule is CC(C)Oc1ncc(Oc2ccc(C(=O)O)cc2Br)cc1Cl. The van der Waals surface area contributed by atoms with Crippen molar-refractivity contribution in [2.45, 2.75) is 20.0 Å². The van der Waals surface area contributed by atoms with Crippen molar-refractivity contribution < 1.29 is 19.4 Å². The molecule has 1 aromatic carbocycles. The van der Waals surface area contributed by atoms with Gasteiger partial charge in [0.1, 0.15) is 16.5 Å². The smallest absolute Gasteiger partial charge is 0.335 e. The Kier molecular flexibility index (Phi) is 5.26. The Balaban J connectivity index is 2.20. The number of benzene rings is 1. The van der Waals surface area contributed by atoms with Crippen molar-refractivity contribution in [2.24, 2.45) is 0 Å².